The number of benzene rings is 2. The van der Waals surface area contributed by atoms with Gasteiger partial charge in [-0.05, 0) is 59.8 Å². The van der Waals surface area contributed by atoms with Gasteiger partial charge in [-0.1, -0.05) is 6.07 Å². The summed E-state index contributed by atoms with van der Waals surface area (Å²) < 4.78 is 35.8. The number of thioether (sulfide) groups is 1. The van der Waals surface area contributed by atoms with E-state index in [1.807, 2.05) is 0 Å². The number of amidine groups is 1. The molecule has 0 unspecified atom stereocenters. The molecule has 0 spiro atoms. The summed E-state index contributed by atoms with van der Waals surface area (Å²) in [7, 11) is -2.81. The van der Waals surface area contributed by atoms with Crippen molar-refractivity contribution < 1.29 is 26.9 Å². The molecular formula is C19H17N3O6S2. The van der Waals surface area contributed by atoms with Crippen molar-refractivity contribution in [3.05, 3.63) is 52.9 Å². The quantitative estimate of drug-likeness (QED) is 0.508. The van der Waals surface area contributed by atoms with Crippen LogP contribution in [-0.2, 0) is 19.7 Å². The van der Waals surface area contributed by atoms with E-state index in [-0.39, 0.29) is 27.5 Å². The molecule has 0 aromatic heterocycles. The monoisotopic (exact) mass is 447 g/mol. The Kier molecular flexibility index (Phi) is 6.13. The summed E-state index contributed by atoms with van der Waals surface area (Å²) in [6, 6.07) is 10.1. The third-order valence-electron chi connectivity index (χ3n) is 3.79. The van der Waals surface area contributed by atoms with Crippen LogP contribution in [0.5, 0.6) is 11.5 Å². The first-order valence-electron chi connectivity index (χ1n) is 8.46. The van der Waals surface area contributed by atoms with Crippen molar-refractivity contribution in [3.63, 3.8) is 0 Å². The van der Waals surface area contributed by atoms with Crippen LogP contribution in [0.3, 0.4) is 0 Å². The predicted octanol–water partition coefficient (Wildman–Crippen LogP) is 2.35. The Morgan fingerprint density at radius 1 is 1.17 bits per heavy atom. The highest BCUT2D eigenvalue weighted by Crippen LogP contribution is 2.33. The Morgan fingerprint density at radius 3 is 2.43 bits per heavy atom. The van der Waals surface area contributed by atoms with E-state index in [2.05, 4.69) is 10.3 Å². The molecule has 156 valence electrons. The number of carbonyl (C=O) groups is 2. The number of anilines is 1. The lowest BCUT2D eigenvalue weighted by Crippen LogP contribution is -2.11. The highest BCUT2D eigenvalue weighted by Gasteiger charge is 2.22. The Balaban J connectivity index is 1.88. The molecule has 30 heavy (non-hydrogen) atoms. The summed E-state index contributed by atoms with van der Waals surface area (Å²) in [4.78, 5) is 26.7. The maximum absolute atomic E-state index is 12.7. The molecule has 9 nitrogen and oxygen atoms in total. The van der Waals surface area contributed by atoms with Crippen molar-refractivity contribution in [2.75, 3.05) is 12.4 Å². The van der Waals surface area contributed by atoms with Gasteiger partial charge < -0.3 is 20.0 Å². The molecule has 0 fully saturated rings. The van der Waals surface area contributed by atoms with Crippen LogP contribution in [-0.4, -0.2) is 32.5 Å². The highest BCUT2D eigenvalue weighted by atomic mass is 32.2. The number of ether oxygens (including phenoxy) is 1. The zero-order valence-corrected chi connectivity index (χ0v) is 17.5. The molecule has 0 saturated carbocycles. The Morgan fingerprint density at radius 2 is 1.87 bits per heavy atom. The van der Waals surface area contributed by atoms with E-state index >= 15 is 0 Å². The molecular weight excluding hydrogens is 430 g/mol. The molecule has 0 radical (unpaired) electrons. The van der Waals surface area contributed by atoms with Gasteiger partial charge in [0.15, 0.2) is 16.7 Å². The van der Waals surface area contributed by atoms with E-state index in [9.17, 15) is 18.0 Å². The molecule has 11 heteroatoms. The third kappa shape index (κ3) is 4.99. The van der Waals surface area contributed by atoms with E-state index in [1.54, 1.807) is 6.07 Å². The number of nitrogens with zero attached hydrogens (tertiary/aromatic N) is 1. The SMILES string of the molecule is COc1ccc(C=C2SC(N)=NC2=O)cc1OS(=O)(=O)c1ccc(NC(C)=O)cc1. The number of amides is 2. The van der Waals surface area contributed by atoms with Crippen LogP contribution >= 0.6 is 11.8 Å². The minimum atomic E-state index is -4.18. The molecule has 1 aliphatic rings. The average molecular weight is 447 g/mol. The average Bonchev–Trinajstić information content (AvgIpc) is 2.98. The molecule has 3 rings (SSSR count). The number of nitrogens with one attached hydrogen (secondary N) is 1. The van der Waals surface area contributed by atoms with E-state index in [0.29, 0.717) is 16.2 Å². The molecule has 0 bridgehead atoms. The Labute approximate surface area is 177 Å². The topological polar surface area (TPSA) is 137 Å². The second-order valence-corrected chi connectivity index (χ2v) is 8.63. The molecule has 0 saturated heterocycles. The van der Waals surface area contributed by atoms with E-state index < -0.39 is 16.0 Å². The Bertz CT molecular complexity index is 1170. The number of nitrogens with two attached hydrogens (primary N) is 1. The highest BCUT2D eigenvalue weighted by molar-refractivity contribution is 8.18. The summed E-state index contributed by atoms with van der Waals surface area (Å²) in [5.74, 6) is -0.606. The molecule has 2 aromatic rings. The number of hydrogen-bond acceptors (Lipinski definition) is 8. The number of carbonyl (C=O) groups excluding carboxylic acids is 2. The fourth-order valence-electron chi connectivity index (χ4n) is 2.50. The molecule has 2 amide bonds. The van der Waals surface area contributed by atoms with Crippen molar-refractivity contribution in [2.24, 2.45) is 10.7 Å². The summed E-state index contributed by atoms with van der Waals surface area (Å²) in [5.41, 5.74) is 6.49. The molecule has 1 aliphatic heterocycles. The molecule has 2 aromatic carbocycles. The zero-order chi connectivity index (χ0) is 21.9. The summed E-state index contributed by atoms with van der Waals surface area (Å²) in [6.45, 7) is 1.35. The van der Waals surface area contributed by atoms with Crippen LogP contribution in [0.2, 0.25) is 0 Å². The van der Waals surface area contributed by atoms with Gasteiger partial charge in [-0.25, -0.2) is 0 Å². The van der Waals surface area contributed by atoms with Crippen LogP contribution in [0, 0.1) is 0 Å². The normalized spacial score (nSPS) is 15.1. The largest absolute Gasteiger partial charge is 0.493 e. The predicted molar refractivity (Wildman–Crippen MR) is 114 cm³/mol. The van der Waals surface area contributed by atoms with E-state index in [4.69, 9.17) is 14.7 Å². The van der Waals surface area contributed by atoms with Crippen molar-refractivity contribution in [2.45, 2.75) is 11.8 Å². The first-order chi connectivity index (χ1) is 14.2. The number of methoxy groups -OCH3 is 1. The van der Waals surface area contributed by atoms with Gasteiger partial charge in [-0.3, -0.25) is 9.59 Å². The molecule has 0 aliphatic carbocycles. The van der Waals surface area contributed by atoms with Gasteiger partial charge in [0.25, 0.3) is 5.91 Å². The fraction of sp³-hybridized carbons (Fsp3) is 0.105. The second kappa shape index (κ2) is 8.59. The van der Waals surface area contributed by atoms with E-state index in [1.165, 1.54) is 56.5 Å². The van der Waals surface area contributed by atoms with Crippen LogP contribution in [0.25, 0.3) is 6.08 Å². The van der Waals surface area contributed by atoms with Crippen molar-refractivity contribution in [3.8, 4) is 11.5 Å². The van der Waals surface area contributed by atoms with Gasteiger partial charge in [0.1, 0.15) is 4.90 Å². The smallest absolute Gasteiger partial charge is 0.339 e. The minimum absolute atomic E-state index is 0.0536. The Hall–Kier alpha value is -3.31. The number of aliphatic imine (C=N–C) groups is 1. The van der Waals surface area contributed by atoms with Gasteiger partial charge in [0, 0.05) is 12.6 Å². The molecule has 1 heterocycles. The standard InChI is InChI=1S/C19H17N3O6S2/c1-11(23)21-13-4-6-14(7-5-13)30(25,26)28-16-9-12(3-8-15(16)27-2)10-17-18(24)22-19(20)29-17/h3-10H,1-2H3,(H,21,23)(H2,20,22,24). The van der Waals surface area contributed by atoms with Gasteiger partial charge in [0.2, 0.25) is 5.91 Å². The van der Waals surface area contributed by atoms with Gasteiger partial charge in [-0.2, -0.15) is 13.4 Å². The third-order valence-corrected chi connectivity index (χ3v) is 5.85. The van der Waals surface area contributed by atoms with Crippen molar-refractivity contribution in [1.29, 1.82) is 0 Å². The zero-order valence-electron chi connectivity index (χ0n) is 15.9. The van der Waals surface area contributed by atoms with Gasteiger partial charge >= 0.3 is 10.1 Å². The van der Waals surface area contributed by atoms with Crippen LogP contribution in [0.4, 0.5) is 5.69 Å². The van der Waals surface area contributed by atoms with Gasteiger partial charge in [-0.15, -0.1) is 0 Å². The first-order valence-corrected chi connectivity index (χ1v) is 10.7. The maximum atomic E-state index is 12.7. The summed E-state index contributed by atoms with van der Waals surface area (Å²) in [6.07, 6.45) is 1.53. The summed E-state index contributed by atoms with van der Waals surface area (Å²) >= 11 is 1.02. The lowest BCUT2D eigenvalue weighted by Gasteiger charge is -2.12. The van der Waals surface area contributed by atoms with Crippen molar-refractivity contribution >= 4 is 50.6 Å². The summed E-state index contributed by atoms with van der Waals surface area (Å²) in [5, 5.41) is 2.69. The van der Waals surface area contributed by atoms with Gasteiger partial charge in [0.05, 0.1) is 12.0 Å². The first kappa shape index (κ1) is 21.4. The minimum Gasteiger partial charge on any atom is -0.493 e. The van der Waals surface area contributed by atoms with E-state index in [0.717, 1.165) is 11.8 Å². The second-order valence-electron chi connectivity index (χ2n) is 6.02. The fourth-order valence-corrected chi connectivity index (χ4v) is 4.11. The lowest BCUT2D eigenvalue weighted by molar-refractivity contribution is -0.114. The maximum Gasteiger partial charge on any atom is 0.339 e. The lowest BCUT2D eigenvalue weighted by atomic mass is 10.2. The number of hydrogen-bond donors (Lipinski definition) is 2. The van der Waals surface area contributed by atoms with Crippen LogP contribution in [0.15, 0.2) is 57.3 Å². The molecule has 3 N–H and O–H groups in total. The van der Waals surface area contributed by atoms with Crippen LogP contribution < -0.4 is 20.0 Å². The molecule has 0 atom stereocenters. The van der Waals surface area contributed by atoms with Crippen molar-refractivity contribution in [1.82, 2.24) is 0 Å². The number of rotatable bonds is 6. The van der Waals surface area contributed by atoms with Crippen LogP contribution in [0.1, 0.15) is 12.5 Å².